The summed E-state index contributed by atoms with van der Waals surface area (Å²) in [4.78, 5) is 21.0. The van der Waals surface area contributed by atoms with Crippen LogP contribution in [0.25, 0.3) is 0 Å². The number of urea groups is 1. The van der Waals surface area contributed by atoms with Crippen molar-refractivity contribution >= 4 is 11.8 Å². The molecule has 0 unspecified atom stereocenters. The fourth-order valence-corrected chi connectivity index (χ4v) is 3.33. The summed E-state index contributed by atoms with van der Waals surface area (Å²) in [5.74, 6) is 1.04. The lowest BCUT2D eigenvalue weighted by atomic mass is 10.1. The van der Waals surface area contributed by atoms with Gasteiger partial charge in [-0.2, -0.15) is 0 Å². The molecular formula is C19H28N4O2. The summed E-state index contributed by atoms with van der Waals surface area (Å²) in [5.41, 5.74) is 2.30. The van der Waals surface area contributed by atoms with E-state index in [2.05, 4.69) is 33.4 Å². The molecule has 1 aromatic heterocycles. The molecule has 0 atom stereocenters. The van der Waals surface area contributed by atoms with Crippen LogP contribution in [-0.4, -0.2) is 55.8 Å². The Balaban J connectivity index is 1.46. The number of hydrogen-bond donors (Lipinski definition) is 1. The van der Waals surface area contributed by atoms with E-state index in [9.17, 15) is 4.79 Å². The van der Waals surface area contributed by atoms with Gasteiger partial charge < -0.3 is 19.9 Å². The zero-order valence-corrected chi connectivity index (χ0v) is 15.0. The van der Waals surface area contributed by atoms with Crippen LogP contribution in [0.1, 0.15) is 31.2 Å². The number of rotatable bonds is 5. The summed E-state index contributed by atoms with van der Waals surface area (Å²) < 4.78 is 5.14. The molecule has 1 N–H and O–H groups in total. The zero-order valence-electron chi connectivity index (χ0n) is 15.0. The van der Waals surface area contributed by atoms with Gasteiger partial charge in [-0.05, 0) is 42.9 Å². The van der Waals surface area contributed by atoms with Crippen molar-refractivity contribution in [2.45, 2.75) is 32.2 Å². The summed E-state index contributed by atoms with van der Waals surface area (Å²) in [5, 5.41) is 2.99. The fraction of sp³-hybridized carbons (Fsp3) is 0.579. The molecule has 25 heavy (non-hydrogen) atoms. The second kappa shape index (κ2) is 8.85. The van der Waals surface area contributed by atoms with Crippen molar-refractivity contribution < 1.29 is 9.53 Å². The van der Waals surface area contributed by atoms with Crippen molar-refractivity contribution in [3.05, 3.63) is 35.5 Å². The van der Waals surface area contributed by atoms with Crippen molar-refractivity contribution in [3.8, 4) is 0 Å². The molecule has 0 aromatic carbocycles. The first-order valence-corrected chi connectivity index (χ1v) is 9.16. The summed E-state index contributed by atoms with van der Waals surface area (Å²) in [6.45, 7) is 4.75. The highest BCUT2D eigenvalue weighted by atomic mass is 16.5. The molecule has 3 heterocycles. The molecule has 3 rings (SSSR count). The van der Waals surface area contributed by atoms with E-state index in [1.54, 1.807) is 7.11 Å². The molecule has 0 saturated carbocycles. The van der Waals surface area contributed by atoms with E-state index >= 15 is 0 Å². The van der Waals surface area contributed by atoms with Crippen LogP contribution < -0.4 is 10.2 Å². The Morgan fingerprint density at radius 2 is 2.08 bits per heavy atom. The predicted molar refractivity (Wildman–Crippen MR) is 98.7 cm³/mol. The molecule has 2 amide bonds. The minimum absolute atomic E-state index is 0.0205. The second-order valence-electron chi connectivity index (χ2n) is 6.72. The summed E-state index contributed by atoms with van der Waals surface area (Å²) in [6, 6.07) is 4.10. The number of hydrogen-bond acceptors (Lipinski definition) is 4. The number of amides is 2. The Bertz CT molecular complexity index is 594. The van der Waals surface area contributed by atoms with Crippen LogP contribution in [0.2, 0.25) is 0 Å². The number of carbonyl (C=O) groups is 1. The molecule has 0 spiro atoms. The third-order valence-corrected chi connectivity index (χ3v) is 4.85. The van der Waals surface area contributed by atoms with Gasteiger partial charge in [0.25, 0.3) is 0 Å². The molecule has 136 valence electrons. The molecule has 0 radical (unpaired) electrons. The Labute approximate surface area is 149 Å². The van der Waals surface area contributed by atoms with Gasteiger partial charge in [-0.3, -0.25) is 0 Å². The SMILES string of the molecule is COCC1=CCN(C(=O)NCc2ccc(N3CCCCC3)nc2)CC1. The van der Waals surface area contributed by atoms with Gasteiger partial charge in [-0.1, -0.05) is 12.1 Å². The monoisotopic (exact) mass is 344 g/mol. The Morgan fingerprint density at radius 1 is 1.24 bits per heavy atom. The van der Waals surface area contributed by atoms with Gasteiger partial charge in [0.1, 0.15) is 5.82 Å². The van der Waals surface area contributed by atoms with E-state index in [0.717, 1.165) is 37.4 Å². The molecule has 1 aromatic rings. The Kier molecular flexibility index (Phi) is 6.28. The topological polar surface area (TPSA) is 57.7 Å². The van der Waals surface area contributed by atoms with Crippen molar-refractivity contribution in [2.24, 2.45) is 0 Å². The van der Waals surface area contributed by atoms with E-state index in [1.807, 2.05) is 11.1 Å². The number of aromatic nitrogens is 1. The number of carbonyl (C=O) groups excluding carboxylic acids is 1. The van der Waals surface area contributed by atoms with Crippen LogP contribution in [-0.2, 0) is 11.3 Å². The van der Waals surface area contributed by atoms with Crippen LogP contribution in [0.15, 0.2) is 30.0 Å². The quantitative estimate of drug-likeness (QED) is 0.834. The van der Waals surface area contributed by atoms with E-state index < -0.39 is 0 Å². The van der Waals surface area contributed by atoms with Gasteiger partial charge in [0.2, 0.25) is 0 Å². The standard InChI is InChI=1S/C19H28N4O2/c1-25-15-16-7-11-23(12-8-16)19(24)21-14-17-5-6-18(20-13-17)22-9-3-2-4-10-22/h5-7,13H,2-4,8-12,14-15H2,1H3,(H,21,24). The van der Waals surface area contributed by atoms with Crippen LogP contribution in [0.4, 0.5) is 10.6 Å². The average molecular weight is 344 g/mol. The largest absolute Gasteiger partial charge is 0.380 e. The highest BCUT2D eigenvalue weighted by molar-refractivity contribution is 5.74. The van der Waals surface area contributed by atoms with Crippen molar-refractivity contribution in [1.29, 1.82) is 0 Å². The number of pyridine rings is 1. The minimum atomic E-state index is -0.0205. The average Bonchev–Trinajstić information content (AvgIpc) is 2.68. The number of ether oxygens (including phenoxy) is 1. The maximum Gasteiger partial charge on any atom is 0.317 e. The summed E-state index contributed by atoms with van der Waals surface area (Å²) in [7, 11) is 1.70. The maximum atomic E-state index is 12.3. The van der Waals surface area contributed by atoms with Crippen LogP contribution in [0.3, 0.4) is 0 Å². The first-order valence-electron chi connectivity index (χ1n) is 9.16. The predicted octanol–water partition coefficient (Wildman–Crippen LogP) is 2.56. The maximum absolute atomic E-state index is 12.3. The molecule has 2 aliphatic heterocycles. The van der Waals surface area contributed by atoms with Crippen molar-refractivity contribution in [2.75, 3.05) is 44.8 Å². The number of anilines is 1. The second-order valence-corrected chi connectivity index (χ2v) is 6.72. The highest BCUT2D eigenvalue weighted by Crippen LogP contribution is 2.17. The van der Waals surface area contributed by atoms with E-state index in [0.29, 0.717) is 19.7 Å². The molecule has 0 aliphatic carbocycles. The van der Waals surface area contributed by atoms with Gasteiger partial charge in [0.05, 0.1) is 6.61 Å². The normalized spacial score (nSPS) is 18.0. The summed E-state index contributed by atoms with van der Waals surface area (Å²) in [6.07, 6.45) is 8.65. The van der Waals surface area contributed by atoms with Crippen molar-refractivity contribution in [3.63, 3.8) is 0 Å². The molecule has 1 saturated heterocycles. The molecule has 1 fully saturated rings. The third kappa shape index (κ3) is 4.95. The first kappa shape index (κ1) is 17.7. The Morgan fingerprint density at radius 3 is 2.72 bits per heavy atom. The van der Waals surface area contributed by atoms with Gasteiger partial charge in [0, 0.05) is 46.0 Å². The number of piperidine rings is 1. The van der Waals surface area contributed by atoms with Gasteiger partial charge in [-0.15, -0.1) is 0 Å². The molecule has 0 bridgehead atoms. The third-order valence-electron chi connectivity index (χ3n) is 4.85. The highest BCUT2D eigenvalue weighted by Gasteiger charge is 2.17. The first-order chi connectivity index (χ1) is 12.3. The molecule has 6 nitrogen and oxygen atoms in total. The van der Waals surface area contributed by atoms with E-state index in [1.165, 1.54) is 24.8 Å². The van der Waals surface area contributed by atoms with Gasteiger partial charge in [-0.25, -0.2) is 9.78 Å². The lowest BCUT2D eigenvalue weighted by molar-refractivity contribution is 0.193. The number of nitrogens with zero attached hydrogens (tertiary/aromatic N) is 3. The van der Waals surface area contributed by atoms with E-state index in [-0.39, 0.29) is 6.03 Å². The summed E-state index contributed by atoms with van der Waals surface area (Å²) >= 11 is 0. The van der Waals surface area contributed by atoms with E-state index in [4.69, 9.17) is 4.74 Å². The van der Waals surface area contributed by atoms with Crippen LogP contribution in [0.5, 0.6) is 0 Å². The number of nitrogens with one attached hydrogen (secondary N) is 1. The van der Waals surface area contributed by atoms with Crippen LogP contribution in [0, 0.1) is 0 Å². The lowest BCUT2D eigenvalue weighted by Gasteiger charge is -2.28. The fourth-order valence-electron chi connectivity index (χ4n) is 3.33. The zero-order chi connectivity index (χ0) is 17.5. The van der Waals surface area contributed by atoms with Crippen LogP contribution >= 0.6 is 0 Å². The Hall–Kier alpha value is -2.08. The lowest BCUT2D eigenvalue weighted by Crippen LogP contribution is -2.42. The van der Waals surface area contributed by atoms with Gasteiger partial charge in [0.15, 0.2) is 0 Å². The van der Waals surface area contributed by atoms with Crippen molar-refractivity contribution in [1.82, 2.24) is 15.2 Å². The molecular weight excluding hydrogens is 316 g/mol. The molecule has 2 aliphatic rings. The molecule has 6 heteroatoms. The smallest absolute Gasteiger partial charge is 0.317 e. The number of methoxy groups -OCH3 is 1. The minimum Gasteiger partial charge on any atom is -0.380 e. The van der Waals surface area contributed by atoms with Gasteiger partial charge >= 0.3 is 6.03 Å².